The maximum absolute atomic E-state index is 9.16. The molecule has 0 aliphatic heterocycles. The van der Waals surface area contributed by atoms with Crippen molar-refractivity contribution in [2.75, 3.05) is 18.5 Å². The Bertz CT molecular complexity index is 981. The molecule has 2 aromatic carbocycles. The molecular formula is C20H18N4O. The number of rotatable bonds is 5. The van der Waals surface area contributed by atoms with Crippen LogP contribution in [0.2, 0.25) is 0 Å². The van der Waals surface area contributed by atoms with E-state index in [1.165, 1.54) is 0 Å². The second kappa shape index (κ2) is 6.75. The van der Waals surface area contributed by atoms with Gasteiger partial charge in [0, 0.05) is 24.0 Å². The summed E-state index contributed by atoms with van der Waals surface area (Å²) in [4.78, 5) is 8.91. The van der Waals surface area contributed by atoms with Crippen molar-refractivity contribution in [1.29, 1.82) is 0 Å². The van der Waals surface area contributed by atoms with Gasteiger partial charge in [-0.2, -0.15) is 0 Å². The van der Waals surface area contributed by atoms with Gasteiger partial charge in [-0.05, 0) is 17.7 Å². The lowest BCUT2D eigenvalue weighted by Crippen LogP contribution is -2.07. The van der Waals surface area contributed by atoms with Crippen LogP contribution in [0.3, 0.4) is 0 Å². The van der Waals surface area contributed by atoms with Crippen LogP contribution in [0.15, 0.2) is 73.2 Å². The molecular weight excluding hydrogens is 312 g/mol. The Labute approximate surface area is 145 Å². The summed E-state index contributed by atoms with van der Waals surface area (Å²) in [6, 6.07) is 20.3. The van der Waals surface area contributed by atoms with E-state index in [0.717, 1.165) is 33.7 Å². The Morgan fingerprint density at radius 2 is 1.64 bits per heavy atom. The number of fused-ring (bicyclic) bond motifs is 1. The summed E-state index contributed by atoms with van der Waals surface area (Å²) in [5.41, 5.74) is 4.03. The van der Waals surface area contributed by atoms with Gasteiger partial charge in [0.25, 0.3) is 0 Å². The van der Waals surface area contributed by atoms with Crippen molar-refractivity contribution < 1.29 is 5.11 Å². The van der Waals surface area contributed by atoms with Crippen molar-refractivity contribution in [1.82, 2.24) is 14.5 Å². The largest absolute Gasteiger partial charge is 0.395 e. The fourth-order valence-electron chi connectivity index (χ4n) is 2.99. The van der Waals surface area contributed by atoms with Crippen LogP contribution in [-0.4, -0.2) is 32.8 Å². The molecule has 0 saturated carbocycles. The molecule has 0 fully saturated rings. The third-order valence-corrected chi connectivity index (χ3v) is 4.11. The van der Waals surface area contributed by atoms with Crippen LogP contribution < -0.4 is 5.32 Å². The van der Waals surface area contributed by atoms with Crippen molar-refractivity contribution in [3.8, 4) is 16.8 Å². The Morgan fingerprint density at radius 3 is 2.36 bits per heavy atom. The highest BCUT2D eigenvalue weighted by Gasteiger charge is 2.16. The number of aliphatic hydroxyl groups is 1. The van der Waals surface area contributed by atoms with Crippen LogP contribution in [-0.2, 0) is 0 Å². The topological polar surface area (TPSA) is 63.0 Å². The molecule has 0 atom stereocenters. The minimum atomic E-state index is 0.0472. The van der Waals surface area contributed by atoms with Crippen molar-refractivity contribution >= 4 is 16.9 Å². The number of benzene rings is 2. The van der Waals surface area contributed by atoms with Crippen LogP contribution in [0.4, 0.5) is 5.82 Å². The van der Waals surface area contributed by atoms with E-state index in [0.29, 0.717) is 6.54 Å². The molecule has 2 N–H and O–H groups in total. The molecule has 4 aromatic rings. The number of aliphatic hydroxyl groups excluding tert-OH is 1. The van der Waals surface area contributed by atoms with Crippen molar-refractivity contribution in [3.63, 3.8) is 0 Å². The van der Waals surface area contributed by atoms with Gasteiger partial charge in [0.2, 0.25) is 0 Å². The summed E-state index contributed by atoms with van der Waals surface area (Å²) in [5, 5.41) is 13.3. The molecule has 0 aliphatic carbocycles. The normalized spacial score (nSPS) is 10.9. The van der Waals surface area contributed by atoms with Crippen LogP contribution >= 0.6 is 0 Å². The minimum Gasteiger partial charge on any atom is -0.395 e. The molecule has 0 spiro atoms. The zero-order valence-electron chi connectivity index (χ0n) is 13.6. The number of nitrogens with one attached hydrogen (secondary N) is 1. The minimum absolute atomic E-state index is 0.0472. The predicted octanol–water partition coefficient (Wildman–Crippen LogP) is 3.49. The number of nitrogens with zero attached hydrogens (tertiary/aromatic N) is 3. The summed E-state index contributed by atoms with van der Waals surface area (Å²) in [7, 11) is 0. The predicted molar refractivity (Wildman–Crippen MR) is 99.9 cm³/mol. The molecule has 0 saturated heterocycles. The van der Waals surface area contributed by atoms with E-state index in [4.69, 9.17) is 5.11 Å². The molecule has 0 unspecified atom stereocenters. The Morgan fingerprint density at radius 1 is 0.920 bits per heavy atom. The van der Waals surface area contributed by atoms with E-state index in [1.807, 2.05) is 36.4 Å². The maximum atomic E-state index is 9.16. The molecule has 0 radical (unpaired) electrons. The van der Waals surface area contributed by atoms with E-state index in [2.05, 4.69) is 50.3 Å². The van der Waals surface area contributed by atoms with Gasteiger partial charge in [-0.25, -0.2) is 9.97 Å². The first-order valence-corrected chi connectivity index (χ1v) is 8.20. The lowest BCUT2D eigenvalue weighted by atomic mass is 10.1. The molecule has 0 bridgehead atoms. The quantitative estimate of drug-likeness (QED) is 0.588. The first-order valence-electron chi connectivity index (χ1n) is 8.20. The number of hydrogen-bond donors (Lipinski definition) is 2. The second-order valence-corrected chi connectivity index (χ2v) is 5.69. The average Bonchev–Trinajstić information content (AvgIpc) is 3.08. The number of aromatic nitrogens is 3. The average molecular weight is 330 g/mol. The lowest BCUT2D eigenvalue weighted by molar-refractivity contribution is 0.311. The SMILES string of the molecule is OCCNc1ncnc2c1c(-c1ccccc1)cn2-c1ccccc1. The van der Waals surface area contributed by atoms with Gasteiger partial charge in [0.1, 0.15) is 12.1 Å². The van der Waals surface area contributed by atoms with Gasteiger partial charge < -0.3 is 15.0 Å². The van der Waals surface area contributed by atoms with E-state index in [-0.39, 0.29) is 6.61 Å². The molecule has 124 valence electrons. The first-order chi connectivity index (χ1) is 12.4. The molecule has 2 heterocycles. The highest BCUT2D eigenvalue weighted by atomic mass is 16.3. The Hall–Kier alpha value is -3.18. The summed E-state index contributed by atoms with van der Waals surface area (Å²) in [6.45, 7) is 0.489. The molecule has 4 rings (SSSR count). The standard InChI is InChI=1S/C20H18N4O/c25-12-11-21-19-18-17(15-7-3-1-4-8-15)13-24(20(18)23-14-22-19)16-9-5-2-6-10-16/h1-10,13-14,25H,11-12H2,(H,21,22,23). The van der Waals surface area contributed by atoms with E-state index in [9.17, 15) is 0 Å². The molecule has 25 heavy (non-hydrogen) atoms. The van der Waals surface area contributed by atoms with Crippen LogP contribution in [0.1, 0.15) is 0 Å². The number of hydrogen-bond acceptors (Lipinski definition) is 4. The molecule has 5 heteroatoms. The van der Waals surface area contributed by atoms with E-state index in [1.54, 1.807) is 6.33 Å². The molecule has 0 aliphatic rings. The zero-order chi connectivity index (χ0) is 17.1. The summed E-state index contributed by atoms with van der Waals surface area (Å²) < 4.78 is 2.07. The summed E-state index contributed by atoms with van der Waals surface area (Å²) in [5.74, 6) is 0.729. The first kappa shape index (κ1) is 15.4. The van der Waals surface area contributed by atoms with Crippen LogP contribution in [0.5, 0.6) is 0 Å². The van der Waals surface area contributed by atoms with Crippen molar-refractivity contribution in [2.24, 2.45) is 0 Å². The zero-order valence-corrected chi connectivity index (χ0v) is 13.6. The smallest absolute Gasteiger partial charge is 0.150 e. The molecule has 5 nitrogen and oxygen atoms in total. The van der Waals surface area contributed by atoms with Crippen molar-refractivity contribution in [2.45, 2.75) is 0 Å². The fourth-order valence-corrected chi connectivity index (χ4v) is 2.99. The maximum Gasteiger partial charge on any atom is 0.150 e. The number of para-hydroxylation sites is 1. The van der Waals surface area contributed by atoms with Gasteiger partial charge in [-0.15, -0.1) is 0 Å². The van der Waals surface area contributed by atoms with Crippen molar-refractivity contribution in [3.05, 3.63) is 73.2 Å². The van der Waals surface area contributed by atoms with Gasteiger partial charge in [0.15, 0.2) is 5.65 Å². The second-order valence-electron chi connectivity index (χ2n) is 5.69. The van der Waals surface area contributed by atoms with Crippen LogP contribution in [0, 0.1) is 0 Å². The Kier molecular flexibility index (Phi) is 4.14. The van der Waals surface area contributed by atoms with Gasteiger partial charge in [-0.3, -0.25) is 0 Å². The lowest BCUT2D eigenvalue weighted by Gasteiger charge is -2.07. The van der Waals surface area contributed by atoms with Gasteiger partial charge in [-0.1, -0.05) is 48.5 Å². The third kappa shape index (κ3) is 2.86. The molecule has 0 amide bonds. The highest BCUT2D eigenvalue weighted by Crippen LogP contribution is 2.35. The van der Waals surface area contributed by atoms with E-state index >= 15 is 0 Å². The van der Waals surface area contributed by atoms with E-state index < -0.39 is 0 Å². The summed E-state index contributed by atoms with van der Waals surface area (Å²) >= 11 is 0. The van der Waals surface area contributed by atoms with Gasteiger partial charge in [0.05, 0.1) is 12.0 Å². The van der Waals surface area contributed by atoms with Crippen LogP contribution in [0.25, 0.3) is 27.8 Å². The fraction of sp³-hybridized carbons (Fsp3) is 0.100. The third-order valence-electron chi connectivity index (χ3n) is 4.11. The monoisotopic (exact) mass is 330 g/mol. The Balaban J connectivity index is 1.99. The molecule has 2 aromatic heterocycles. The summed E-state index contributed by atoms with van der Waals surface area (Å²) in [6.07, 6.45) is 3.64. The highest BCUT2D eigenvalue weighted by molar-refractivity contribution is 6.02. The number of anilines is 1. The van der Waals surface area contributed by atoms with Gasteiger partial charge >= 0.3 is 0 Å².